The number of hydrogen-bond acceptors (Lipinski definition) is 2. The van der Waals surface area contributed by atoms with Crippen LogP contribution in [0.25, 0.3) is 0 Å². The number of guanidine groups is 1. The maximum Gasteiger partial charge on any atom is 0.221 e. The summed E-state index contributed by atoms with van der Waals surface area (Å²) in [7, 11) is 0. The molecule has 2 aromatic rings. The van der Waals surface area contributed by atoms with Crippen LogP contribution in [-0.4, -0.2) is 25.0 Å². The molecule has 150 valence electrons. The molecule has 0 bridgehead atoms. The fraction of sp³-hybridized carbons (Fsp3) is 0.364. The molecule has 0 fully saturated rings. The van der Waals surface area contributed by atoms with Crippen molar-refractivity contribution < 1.29 is 9.18 Å². The quantitative estimate of drug-likeness (QED) is 0.502. The molecule has 0 unspecified atom stereocenters. The maximum absolute atomic E-state index is 13.6. The fourth-order valence-electron chi connectivity index (χ4n) is 2.78. The molecule has 2 aromatic carbocycles. The third-order valence-corrected chi connectivity index (χ3v) is 4.32. The lowest BCUT2D eigenvalue weighted by atomic mass is 9.84. The second-order valence-corrected chi connectivity index (χ2v) is 7.32. The van der Waals surface area contributed by atoms with E-state index in [4.69, 9.17) is 0 Å². The highest BCUT2D eigenvalue weighted by Crippen LogP contribution is 2.22. The summed E-state index contributed by atoms with van der Waals surface area (Å²) in [5, 5.41) is 9.35. The van der Waals surface area contributed by atoms with Gasteiger partial charge in [0.15, 0.2) is 5.96 Å². The van der Waals surface area contributed by atoms with Crippen molar-refractivity contribution in [2.75, 3.05) is 18.4 Å². The number of aliphatic imine (C=N–C) groups is 1. The first-order valence-corrected chi connectivity index (χ1v) is 9.45. The van der Waals surface area contributed by atoms with Gasteiger partial charge in [0.1, 0.15) is 5.82 Å². The van der Waals surface area contributed by atoms with Crippen molar-refractivity contribution in [3.8, 4) is 0 Å². The second-order valence-electron chi connectivity index (χ2n) is 7.32. The van der Waals surface area contributed by atoms with Crippen molar-refractivity contribution in [1.29, 1.82) is 0 Å². The van der Waals surface area contributed by atoms with Crippen LogP contribution in [0.5, 0.6) is 0 Å². The van der Waals surface area contributed by atoms with Crippen LogP contribution in [0.1, 0.15) is 38.8 Å². The van der Waals surface area contributed by atoms with Gasteiger partial charge in [-0.25, -0.2) is 9.38 Å². The zero-order valence-electron chi connectivity index (χ0n) is 17.0. The predicted molar refractivity (Wildman–Crippen MR) is 113 cm³/mol. The fourth-order valence-corrected chi connectivity index (χ4v) is 2.78. The summed E-state index contributed by atoms with van der Waals surface area (Å²) in [5.74, 6) is 0.359. The Morgan fingerprint density at radius 3 is 2.54 bits per heavy atom. The van der Waals surface area contributed by atoms with Gasteiger partial charge in [-0.3, -0.25) is 4.79 Å². The first-order chi connectivity index (χ1) is 13.3. The molecule has 0 atom stereocenters. The highest BCUT2D eigenvalue weighted by atomic mass is 19.1. The Balaban J connectivity index is 2.05. The molecule has 0 saturated carbocycles. The van der Waals surface area contributed by atoms with Crippen LogP contribution in [0.2, 0.25) is 0 Å². The van der Waals surface area contributed by atoms with Crippen molar-refractivity contribution in [1.82, 2.24) is 10.6 Å². The van der Waals surface area contributed by atoms with Gasteiger partial charge in [0, 0.05) is 31.1 Å². The Hall–Kier alpha value is -2.89. The van der Waals surface area contributed by atoms with Crippen molar-refractivity contribution in [3.63, 3.8) is 0 Å². The molecular weight excluding hydrogens is 355 g/mol. The van der Waals surface area contributed by atoms with Crippen molar-refractivity contribution >= 4 is 17.6 Å². The Bertz CT molecular complexity index is 833. The molecule has 0 aliphatic carbocycles. The first kappa shape index (κ1) is 21.4. The number of nitrogens with one attached hydrogen (secondary N) is 3. The lowest BCUT2D eigenvalue weighted by Crippen LogP contribution is -2.43. The number of halogens is 1. The average molecular weight is 384 g/mol. The predicted octanol–water partition coefficient (Wildman–Crippen LogP) is 3.82. The summed E-state index contributed by atoms with van der Waals surface area (Å²) in [5.41, 5.74) is 2.42. The van der Waals surface area contributed by atoms with E-state index in [9.17, 15) is 9.18 Å². The van der Waals surface area contributed by atoms with Crippen LogP contribution in [0.3, 0.4) is 0 Å². The summed E-state index contributed by atoms with van der Waals surface area (Å²) in [6.45, 7) is 9.44. The van der Waals surface area contributed by atoms with Crippen molar-refractivity contribution in [2.24, 2.45) is 4.99 Å². The third kappa shape index (κ3) is 6.68. The Morgan fingerprint density at radius 2 is 1.86 bits per heavy atom. The molecule has 2 rings (SSSR count). The highest BCUT2D eigenvalue weighted by Gasteiger charge is 2.21. The number of carbonyl (C=O) groups excluding carboxylic acids is 1. The maximum atomic E-state index is 13.6. The second kappa shape index (κ2) is 9.88. The Kier molecular flexibility index (Phi) is 7.55. The lowest BCUT2D eigenvalue weighted by molar-refractivity contribution is -0.114. The van der Waals surface area contributed by atoms with Crippen LogP contribution in [0, 0.1) is 5.82 Å². The number of anilines is 1. The molecule has 1 amide bonds. The molecule has 3 N–H and O–H groups in total. The molecule has 0 saturated heterocycles. The Morgan fingerprint density at radius 1 is 1.11 bits per heavy atom. The van der Waals surface area contributed by atoms with Gasteiger partial charge in [0.05, 0.1) is 6.54 Å². The van der Waals surface area contributed by atoms with E-state index in [0.717, 1.165) is 23.4 Å². The van der Waals surface area contributed by atoms with Gasteiger partial charge in [0.2, 0.25) is 5.91 Å². The number of nitrogens with zero attached hydrogens (tertiary/aromatic N) is 1. The topological polar surface area (TPSA) is 65.5 Å². The van der Waals surface area contributed by atoms with E-state index in [0.29, 0.717) is 19.0 Å². The number of amides is 1. The first-order valence-electron chi connectivity index (χ1n) is 9.45. The third-order valence-electron chi connectivity index (χ3n) is 4.32. The zero-order chi connectivity index (χ0) is 20.6. The standard InChI is InChI=1S/C22H29FN4O/c1-5-24-21(25-14-17-8-6-11-20(12-17)27-16(2)28)26-15-22(3,4)18-9-7-10-19(23)13-18/h6-13H,5,14-15H2,1-4H3,(H,27,28)(H2,24,25,26). The minimum absolute atomic E-state index is 0.102. The highest BCUT2D eigenvalue weighted by molar-refractivity contribution is 5.88. The van der Waals surface area contributed by atoms with Crippen LogP contribution >= 0.6 is 0 Å². The minimum Gasteiger partial charge on any atom is -0.357 e. The van der Waals surface area contributed by atoms with E-state index >= 15 is 0 Å². The van der Waals surface area contributed by atoms with Crippen LogP contribution in [-0.2, 0) is 16.8 Å². The summed E-state index contributed by atoms with van der Waals surface area (Å²) in [6.07, 6.45) is 0. The molecule has 6 heteroatoms. The molecular formula is C22H29FN4O. The number of carbonyl (C=O) groups is 1. The van der Waals surface area contributed by atoms with E-state index in [-0.39, 0.29) is 17.1 Å². The molecule has 0 aliphatic heterocycles. The number of hydrogen-bond donors (Lipinski definition) is 3. The summed E-state index contributed by atoms with van der Waals surface area (Å²) in [4.78, 5) is 15.8. The van der Waals surface area contributed by atoms with Gasteiger partial charge < -0.3 is 16.0 Å². The average Bonchev–Trinajstić information content (AvgIpc) is 2.64. The van der Waals surface area contributed by atoms with Gasteiger partial charge >= 0.3 is 0 Å². The summed E-state index contributed by atoms with van der Waals surface area (Å²) < 4.78 is 13.6. The molecule has 0 aliphatic rings. The van der Waals surface area contributed by atoms with Gasteiger partial charge in [-0.05, 0) is 42.3 Å². The Labute approximate surface area is 166 Å². The molecule has 0 aromatic heterocycles. The van der Waals surface area contributed by atoms with E-state index in [1.807, 2.05) is 37.3 Å². The number of rotatable bonds is 7. The largest absolute Gasteiger partial charge is 0.357 e. The van der Waals surface area contributed by atoms with Gasteiger partial charge in [-0.15, -0.1) is 0 Å². The van der Waals surface area contributed by atoms with Gasteiger partial charge in [-0.2, -0.15) is 0 Å². The van der Waals surface area contributed by atoms with E-state index < -0.39 is 0 Å². The molecule has 5 nitrogen and oxygen atoms in total. The number of benzene rings is 2. The lowest BCUT2D eigenvalue weighted by Gasteiger charge is -2.27. The minimum atomic E-state index is -0.260. The smallest absolute Gasteiger partial charge is 0.221 e. The summed E-state index contributed by atoms with van der Waals surface area (Å²) >= 11 is 0. The SMILES string of the molecule is CCNC(=NCc1cccc(NC(C)=O)c1)NCC(C)(C)c1cccc(F)c1. The van der Waals surface area contributed by atoms with Crippen LogP contribution in [0.4, 0.5) is 10.1 Å². The van der Waals surface area contributed by atoms with Crippen molar-refractivity contribution in [2.45, 2.75) is 39.7 Å². The van der Waals surface area contributed by atoms with Crippen LogP contribution in [0.15, 0.2) is 53.5 Å². The van der Waals surface area contributed by atoms with E-state index in [2.05, 4.69) is 34.8 Å². The zero-order valence-corrected chi connectivity index (χ0v) is 17.0. The van der Waals surface area contributed by atoms with Gasteiger partial charge in [-0.1, -0.05) is 38.1 Å². The monoisotopic (exact) mass is 384 g/mol. The normalized spacial score (nSPS) is 11.8. The van der Waals surface area contributed by atoms with E-state index in [1.54, 1.807) is 12.1 Å². The molecule has 0 spiro atoms. The van der Waals surface area contributed by atoms with Crippen molar-refractivity contribution in [3.05, 3.63) is 65.5 Å². The molecule has 0 heterocycles. The summed E-state index contributed by atoms with van der Waals surface area (Å²) in [6, 6.07) is 14.3. The molecule has 0 radical (unpaired) electrons. The van der Waals surface area contributed by atoms with E-state index in [1.165, 1.54) is 13.0 Å². The van der Waals surface area contributed by atoms with Gasteiger partial charge in [0.25, 0.3) is 0 Å². The van der Waals surface area contributed by atoms with Crippen LogP contribution < -0.4 is 16.0 Å². The molecule has 28 heavy (non-hydrogen) atoms.